The van der Waals surface area contributed by atoms with Crippen LogP contribution in [-0.2, 0) is 17.9 Å². The molecule has 3 N–H and O–H groups in total. The van der Waals surface area contributed by atoms with E-state index in [4.69, 9.17) is 5.73 Å². The number of hydrogen-bond acceptors (Lipinski definition) is 4. The Bertz CT molecular complexity index is 1130. The van der Waals surface area contributed by atoms with E-state index < -0.39 is 0 Å². The van der Waals surface area contributed by atoms with Crippen LogP contribution < -0.4 is 22.3 Å². The van der Waals surface area contributed by atoms with Gasteiger partial charge >= 0.3 is 5.69 Å². The van der Waals surface area contributed by atoms with E-state index in [2.05, 4.69) is 5.32 Å². The molecule has 0 radical (unpaired) electrons. The molecule has 0 aliphatic rings. The predicted octanol–water partition coefficient (Wildman–Crippen LogP) is 2.27. The zero-order valence-electron chi connectivity index (χ0n) is 16.7. The number of nitrogens with zero attached hydrogens (tertiary/aromatic N) is 2. The molecule has 7 heteroatoms. The number of nitrogens with two attached hydrogens (primary N) is 1. The molecule has 2 aromatic carbocycles. The van der Waals surface area contributed by atoms with Crippen molar-refractivity contribution in [3.05, 3.63) is 74.9 Å². The van der Waals surface area contributed by atoms with Gasteiger partial charge in [0.05, 0.1) is 10.9 Å². The van der Waals surface area contributed by atoms with Crippen molar-refractivity contribution in [2.75, 3.05) is 11.9 Å². The average molecular weight is 394 g/mol. The van der Waals surface area contributed by atoms with Crippen LogP contribution in [0.25, 0.3) is 10.9 Å². The molecule has 0 fully saturated rings. The average Bonchev–Trinajstić information content (AvgIpc) is 2.73. The number of benzene rings is 2. The quantitative estimate of drug-likeness (QED) is 0.642. The van der Waals surface area contributed by atoms with Gasteiger partial charge in [0, 0.05) is 31.1 Å². The Morgan fingerprint density at radius 3 is 2.34 bits per heavy atom. The first-order valence-corrected chi connectivity index (χ1v) is 9.82. The van der Waals surface area contributed by atoms with Crippen LogP contribution in [0.1, 0.15) is 31.7 Å². The first-order chi connectivity index (χ1) is 14.0. The largest absolute Gasteiger partial charge is 0.331 e. The van der Waals surface area contributed by atoms with Gasteiger partial charge in [0.25, 0.3) is 5.56 Å². The number of amides is 1. The molecule has 29 heavy (non-hydrogen) atoms. The first-order valence-electron chi connectivity index (χ1n) is 9.82. The Morgan fingerprint density at radius 1 is 1.03 bits per heavy atom. The second-order valence-corrected chi connectivity index (χ2v) is 6.90. The summed E-state index contributed by atoms with van der Waals surface area (Å²) in [6.45, 7) is 4.73. The van der Waals surface area contributed by atoms with Crippen molar-refractivity contribution in [1.29, 1.82) is 0 Å². The van der Waals surface area contributed by atoms with Crippen LogP contribution in [0.4, 0.5) is 5.69 Å². The van der Waals surface area contributed by atoms with Crippen molar-refractivity contribution in [2.45, 2.75) is 39.3 Å². The monoisotopic (exact) mass is 394 g/mol. The molecular formula is C22H26N4O3. The molecule has 1 unspecified atom stereocenters. The van der Waals surface area contributed by atoms with Gasteiger partial charge in [0.1, 0.15) is 0 Å². The van der Waals surface area contributed by atoms with E-state index in [-0.39, 0.29) is 29.5 Å². The molecule has 0 spiro atoms. The second-order valence-electron chi connectivity index (χ2n) is 6.90. The van der Waals surface area contributed by atoms with E-state index in [1.807, 2.05) is 37.3 Å². The Kier molecular flexibility index (Phi) is 6.29. The van der Waals surface area contributed by atoms with Crippen LogP contribution in [-0.4, -0.2) is 21.6 Å². The third kappa shape index (κ3) is 4.14. The summed E-state index contributed by atoms with van der Waals surface area (Å²) >= 11 is 0. The fourth-order valence-corrected chi connectivity index (χ4v) is 3.58. The standard InChI is InChI=1S/C22H26N4O3/c1-3-25-19-11-10-17(13-18(19)21(28)26(4-2)22(25)29)24-20(27)12-16(14-23)15-8-6-5-7-9-15/h5-11,13,16H,3-4,12,14,23H2,1-2H3,(H,24,27). The summed E-state index contributed by atoms with van der Waals surface area (Å²) in [5.74, 6) is -0.262. The molecule has 1 atom stereocenters. The van der Waals surface area contributed by atoms with Gasteiger partial charge in [0.2, 0.25) is 5.91 Å². The lowest BCUT2D eigenvalue weighted by Gasteiger charge is -2.16. The highest BCUT2D eigenvalue weighted by Crippen LogP contribution is 2.20. The smallest absolute Gasteiger partial charge is 0.330 e. The van der Waals surface area contributed by atoms with Crippen molar-refractivity contribution in [2.24, 2.45) is 5.73 Å². The first kappa shape index (κ1) is 20.5. The number of nitrogens with one attached hydrogen (secondary N) is 1. The lowest BCUT2D eigenvalue weighted by Crippen LogP contribution is -2.39. The summed E-state index contributed by atoms with van der Waals surface area (Å²) in [4.78, 5) is 37.7. The third-order valence-electron chi connectivity index (χ3n) is 5.13. The van der Waals surface area contributed by atoms with Crippen LogP contribution >= 0.6 is 0 Å². The second kappa shape index (κ2) is 8.87. The van der Waals surface area contributed by atoms with E-state index in [0.29, 0.717) is 36.2 Å². The number of carbonyl (C=O) groups is 1. The van der Waals surface area contributed by atoms with Crippen molar-refractivity contribution in [3.63, 3.8) is 0 Å². The summed E-state index contributed by atoms with van der Waals surface area (Å²) in [5.41, 5.74) is 7.29. The minimum Gasteiger partial charge on any atom is -0.330 e. The molecule has 152 valence electrons. The Balaban J connectivity index is 1.90. The summed E-state index contributed by atoms with van der Waals surface area (Å²) in [6, 6.07) is 14.7. The van der Waals surface area contributed by atoms with Gasteiger partial charge in [0.15, 0.2) is 0 Å². The summed E-state index contributed by atoms with van der Waals surface area (Å²) in [6.07, 6.45) is 0.242. The number of aryl methyl sites for hydroxylation is 1. The molecule has 0 aliphatic heterocycles. The van der Waals surface area contributed by atoms with Crippen molar-refractivity contribution in [1.82, 2.24) is 9.13 Å². The van der Waals surface area contributed by atoms with E-state index in [1.54, 1.807) is 29.7 Å². The molecule has 0 saturated heterocycles. The van der Waals surface area contributed by atoms with E-state index in [0.717, 1.165) is 5.56 Å². The summed E-state index contributed by atoms with van der Waals surface area (Å²) < 4.78 is 2.77. The van der Waals surface area contributed by atoms with Gasteiger partial charge in [-0.05, 0) is 44.2 Å². The number of hydrogen-bond donors (Lipinski definition) is 2. The van der Waals surface area contributed by atoms with Gasteiger partial charge in [-0.3, -0.25) is 18.7 Å². The Morgan fingerprint density at radius 2 is 1.72 bits per heavy atom. The minimum absolute atomic E-state index is 0.0840. The fourth-order valence-electron chi connectivity index (χ4n) is 3.58. The normalized spacial score (nSPS) is 12.1. The van der Waals surface area contributed by atoms with Crippen molar-refractivity contribution in [3.8, 4) is 0 Å². The van der Waals surface area contributed by atoms with Gasteiger partial charge in [-0.25, -0.2) is 4.79 Å². The summed E-state index contributed by atoms with van der Waals surface area (Å²) in [5, 5.41) is 3.26. The van der Waals surface area contributed by atoms with Crippen LogP contribution in [0.3, 0.4) is 0 Å². The lowest BCUT2D eigenvalue weighted by atomic mass is 9.95. The zero-order chi connectivity index (χ0) is 21.0. The molecule has 3 rings (SSSR count). The van der Waals surface area contributed by atoms with Crippen LogP contribution in [0, 0.1) is 0 Å². The number of fused-ring (bicyclic) bond motifs is 1. The molecule has 1 aromatic heterocycles. The molecule has 1 amide bonds. The van der Waals surface area contributed by atoms with Crippen LogP contribution in [0.5, 0.6) is 0 Å². The molecule has 0 bridgehead atoms. The highest BCUT2D eigenvalue weighted by Gasteiger charge is 2.16. The lowest BCUT2D eigenvalue weighted by molar-refractivity contribution is -0.116. The maximum Gasteiger partial charge on any atom is 0.331 e. The van der Waals surface area contributed by atoms with Crippen molar-refractivity contribution < 1.29 is 4.79 Å². The number of aromatic nitrogens is 2. The Hall–Kier alpha value is -3.19. The number of anilines is 1. The van der Waals surface area contributed by atoms with Crippen LogP contribution in [0.15, 0.2) is 58.1 Å². The van der Waals surface area contributed by atoms with E-state index >= 15 is 0 Å². The number of rotatable bonds is 7. The topological polar surface area (TPSA) is 99.1 Å². The Labute approximate surface area is 168 Å². The third-order valence-corrected chi connectivity index (χ3v) is 5.13. The molecule has 1 heterocycles. The zero-order valence-corrected chi connectivity index (χ0v) is 16.7. The molecule has 0 saturated carbocycles. The maximum atomic E-state index is 12.7. The minimum atomic E-state index is -0.350. The predicted molar refractivity (Wildman–Crippen MR) is 115 cm³/mol. The molecule has 7 nitrogen and oxygen atoms in total. The van der Waals surface area contributed by atoms with Gasteiger partial charge in [-0.15, -0.1) is 0 Å². The molecule has 3 aromatic rings. The van der Waals surface area contributed by atoms with Crippen molar-refractivity contribution >= 4 is 22.5 Å². The summed E-state index contributed by atoms with van der Waals surface area (Å²) in [7, 11) is 0. The highest BCUT2D eigenvalue weighted by molar-refractivity contribution is 5.94. The maximum absolute atomic E-state index is 12.7. The molecule has 0 aliphatic carbocycles. The van der Waals surface area contributed by atoms with E-state index in [1.165, 1.54) is 4.57 Å². The van der Waals surface area contributed by atoms with E-state index in [9.17, 15) is 14.4 Å². The van der Waals surface area contributed by atoms with Gasteiger partial charge in [-0.2, -0.15) is 0 Å². The van der Waals surface area contributed by atoms with Gasteiger partial charge in [-0.1, -0.05) is 30.3 Å². The van der Waals surface area contributed by atoms with Gasteiger partial charge < -0.3 is 11.1 Å². The van der Waals surface area contributed by atoms with Crippen LogP contribution in [0.2, 0.25) is 0 Å². The SMILES string of the molecule is CCn1c(=O)c2cc(NC(=O)CC(CN)c3ccccc3)ccc2n(CC)c1=O. The molecular weight excluding hydrogens is 368 g/mol. The fraction of sp³-hybridized carbons (Fsp3) is 0.318. The highest BCUT2D eigenvalue weighted by atomic mass is 16.2. The number of carbonyl (C=O) groups excluding carboxylic acids is 1.